The fraction of sp³-hybridized carbons (Fsp3) is 0.241. The van der Waals surface area contributed by atoms with E-state index in [4.69, 9.17) is 25.3 Å². The van der Waals surface area contributed by atoms with E-state index >= 15 is 0 Å². The summed E-state index contributed by atoms with van der Waals surface area (Å²) >= 11 is 6.43. The molecule has 0 bridgehead atoms. The topological polar surface area (TPSA) is 106 Å². The highest BCUT2D eigenvalue weighted by molar-refractivity contribution is 6.33. The molecule has 3 heterocycles. The van der Waals surface area contributed by atoms with Crippen molar-refractivity contribution in [1.29, 1.82) is 0 Å². The van der Waals surface area contributed by atoms with Crippen LogP contribution in [0.25, 0.3) is 11.1 Å². The number of carbonyl (C=O) groups is 3. The van der Waals surface area contributed by atoms with Crippen molar-refractivity contribution in [3.8, 4) is 16.9 Å². The first-order chi connectivity index (χ1) is 18.9. The van der Waals surface area contributed by atoms with Gasteiger partial charge in [0, 0.05) is 10.6 Å². The lowest BCUT2D eigenvalue weighted by Gasteiger charge is -2.26. The van der Waals surface area contributed by atoms with Crippen molar-refractivity contribution in [1.82, 2.24) is 10.1 Å². The van der Waals surface area contributed by atoms with E-state index in [1.807, 2.05) is 6.92 Å². The summed E-state index contributed by atoms with van der Waals surface area (Å²) in [5.74, 6) is -0.0631. The zero-order chi connectivity index (χ0) is 27.5. The Morgan fingerprint density at radius 2 is 1.90 bits per heavy atom. The minimum atomic E-state index is -1.08. The van der Waals surface area contributed by atoms with Gasteiger partial charge in [0.2, 0.25) is 5.91 Å². The van der Waals surface area contributed by atoms with Gasteiger partial charge in [-0.25, -0.2) is 4.90 Å². The average molecular weight is 548 g/mol. The molecule has 2 aromatic heterocycles. The van der Waals surface area contributed by atoms with Crippen LogP contribution in [-0.2, 0) is 16.1 Å². The number of aryl methyl sites for hydroxylation is 1. The highest BCUT2D eigenvalue weighted by Gasteiger charge is 2.45. The summed E-state index contributed by atoms with van der Waals surface area (Å²) in [6.45, 7) is 4.19. The number of furan rings is 1. The first kappa shape index (κ1) is 26.2. The third-order valence-corrected chi connectivity index (χ3v) is 6.77. The van der Waals surface area contributed by atoms with Crippen LogP contribution in [0.2, 0.25) is 5.02 Å². The Hall–Kier alpha value is -4.37. The molecule has 1 fully saturated rings. The van der Waals surface area contributed by atoms with Crippen molar-refractivity contribution < 1.29 is 28.1 Å². The molecule has 10 heteroatoms. The number of rotatable bonds is 9. The molecule has 4 aromatic rings. The van der Waals surface area contributed by atoms with E-state index in [1.165, 1.54) is 11.2 Å². The minimum Gasteiger partial charge on any atom is -0.494 e. The highest BCUT2D eigenvalue weighted by Crippen LogP contribution is 2.35. The Bertz CT molecular complexity index is 1500. The number of hydrogen-bond acceptors (Lipinski definition) is 7. The molecule has 1 saturated heterocycles. The summed E-state index contributed by atoms with van der Waals surface area (Å²) in [5.41, 5.74) is 1.38. The zero-order valence-corrected chi connectivity index (χ0v) is 22.2. The molecule has 2 aromatic carbocycles. The van der Waals surface area contributed by atoms with Gasteiger partial charge in [0.25, 0.3) is 11.8 Å². The van der Waals surface area contributed by atoms with E-state index in [0.29, 0.717) is 45.7 Å². The smallest absolute Gasteiger partial charge is 0.277 e. The van der Waals surface area contributed by atoms with Crippen LogP contribution in [0.1, 0.15) is 41.8 Å². The van der Waals surface area contributed by atoms with Gasteiger partial charge in [0.05, 0.1) is 37.1 Å². The molecule has 3 amide bonds. The second-order valence-electron chi connectivity index (χ2n) is 9.08. The lowest BCUT2D eigenvalue weighted by molar-refractivity contribution is -0.122. The quantitative estimate of drug-likeness (QED) is 0.249. The summed E-state index contributed by atoms with van der Waals surface area (Å²) in [7, 11) is 0. The number of aromatic nitrogens is 1. The zero-order valence-electron chi connectivity index (χ0n) is 21.4. The van der Waals surface area contributed by atoms with Crippen molar-refractivity contribution in [2.45, 2.75) is 39.3 Å². The maximum Gasteiger partial charge on any atom is 0.277 e. The van der Waals surface area contributed by atoms with Gasteiger partial charge < -0.3 is 18.6 Å². The van der Waals surface area contributed by atoms with Crippen molar-refractivity contribution >= 4 is 35.0 Å². The van der Waals surface area contributed by atoms with Gasteiger partial charge >= 0.3 is 0 Å². The molecule has 0 spiro atoms. The number of amides is 3. The van der Waals surface area contributed by atoms with Gasteiger partial charge in [0.1, 0.15) is 23.3 Å². The molecule has 1 aliphatic heterocycles. The van der Waals surface area contributed by atoms with Crippen LogP contribution >= 0.6 is 11.6 Å². The molecule has 9 nitrogen and oxygen atoms in total. The third-order valence-electron chi connectivity index (χ3n) is 6.44. The molecule has 0 unspecified atom stereocenters. The maximum atomic E-state index is 14.0. The summed E-state index contributed by atoms with van der Waals surface area (Å²) in [6, 6.07) is 16.0. The van der Waals surface area contributed by atoms with Gasteiger partial charge in [0.15, 0.2) is 5.69 Å². The van der Waals surface area contributed by atoms with E-state index in [2.05, 4.69) is 5.16 Å². The summed E-state index contributed by atoms with van der Waals surface area (Å²) in [4.78, 5) is 43.2. The lowest BCUT2D eigenvalue weighted by atomic mass is 10.0. The predicted molar refractivity (Wildman–Crippen MR) is 143 cm³/mol. The molecule has 0 saturated carbocycles. The van der Waals surface area contributed by atoms with E-state index in [-0.39, 0.29) is 18.7 Å². The number of imide groups is 1. The van der Waals surface area contributed by atoms with Crippen molar-refractivity contribution in [2.75, 3.05) is 11.5 Å². The standard InChI is InChI=1S/C29H26ClN3O6/c1-3-14-37-20-12-10-19(11-13-20)33-25(34)16-24(28(33)35)32(17-21-7-6-15-38-21)29(36)27-26(18(2)39-31-27)22-8-4-5-9-23(22)30/h4-13,15,24H,3,14,16-17H2,1-2H3/t24-/m1/s1. The number of halogens is 1. The first-order valence-corrected chi connectivity index (χ1v) is 12.9. The molecule has 5 rings (SSSR count). The molecule has 1 aliphatic rings. The molecule has 39 heavy (non-hydrogen) atoms. The Labute approximate surface area is 229 Å². The van der Waals surface area contributed by atoms with Crippen LogP contribution in [0.5, 0.6) is 5.75 Å². The van der Waals surface area contributed by atoms with Gasteiger partial charge in [-0.05, 0) is 55.8 Å². The summed E-state index contributed by atoms with van der Waals surface area (Å²) in [5, 5.41) is 4.45. The molecule has 200 valence electrons. The Morgan fingerprint density at radius 1 is 1.13 bits per heavy atom. The van der Waals surface area contributed by atoms with Crippen LogP contribution in [0.4, 0.5) is 5.69 Å². The molecular weight excluding hydrogens is 522 g/mol. The number of nitrogens with zero attached hydrogens (tertiary/aromatic N) is 3. The number of carbonyl (C=O) groups excluding carboxylic acids is 3. The van der Waals surface area contributed by atoms with Gasteiger partial charge in [-0.15, -0.1) is 0 Å². The Morgan fingerprint density at radius 3 is 2.59 bits per heavy atom. The summed E-state index contributed by atoms with van der Waals surface area (Å²) in [6.07, 6.45) is 2.14. The largest absolute Gasteiger partial charge is 0.494 e. The number of ether oxygens (including phenoxy) is 1. The lowest BCUT2D eigenvalue weighted by Crippen LogP contribution is -2.45. The van der Waals surface area contributed by atoms with Crippen LogP contribution in [-0.4, -0.2) is 40.4 Å². The van der Waals surface area contributed by atoms with E-state index in [0.717, 1.165) is 11.3 Å². The van der Waals surface area contributed by atoms with Gasteiger partial charge in [-0.2, -0.15) is 0 Å². The fourth-order valence-corrected chi connectivity index (χ4v) is 4.80. The SMILES string of the molecule is CCCOc1ccc(N2C(=O)C[C@@H](N(Cc3ccco3)C(=O)c3noc(C)c3-c3ccccc3Cl)C2=O)cc1. The van der Waals surface area contributed by atoms with Crippen LogP contribution in [0.15, 0.2) is 75.9 Å². The maximum absolute atomic E-state index is 14.0. The van der Waals surface area contributed by atoms with Gasteiger partial charge in [-0.3, -0.25) is 14.4 Å². The number of hydrogen-bond donors (Lipinski definition) is 0. The van der Waals surface area contributed by atoms with Gasteiger partial charge in [-0.1, -0.05) is 41.9 Å². The summed E-state index contributed by atoms with van der Waals surface area (Å²) < 4.78 is 16.5. The molecule has 0 radical (unpaired) electrons. The van der Waals surface area contributed by atoms with Crippen molar-refractivity contribution in [2.24, 2.45) is 0 Å². The average Bonchev–Trinajstić information content (AvgIpc) is 3.66. The second-order valence-corrected chi connectivity index (χ2v) is 9.49. The second kappa shape index (κ2) is 11.2. The predicted octanol–water partition coefficient (Wildman–Crippen LogP) is 5.66. The van der Waals surface area contributed by atoms with Crippen LogP contribution in [0, 0.1) is 6.92 Å². The number of anilines is 1. The molecule has 1 atom stereocenters. The van der Waals surface area contributed by atoms with Crippen molar-refractivity contribution in [3.63, 3.8) is 0 Å². The van der Waals surface area contributed by atoms with Crippen LogP contribution in [0.3, 0.4) is 0 Å². The Kier molecular flexibility index (Phi) is 7.51. The van der Waals surface area contributed by atoms with Crippen molar-refractivity contribution in [3.05, 3.63) is 89.2 Å². The monoisotopic (exact) mass is 547 g/mol. The number of benzene rings is 2. The first-order valence-electron chi connectivity index (χ1n) is 12.5. The fourth-order valence-electron chi connectivity index (χ4n) is 4.57. The minimum absolute atomic E-state index is 0.0109. The highest BCUT2D eigenvalue weighted by atomic mass is 35.5. The molecular formula is C29H26ClN3O6. The Balaban J connectivity index is 1.49. The normalized spacial score (nSPS) is 15.2. The third kappa shape index (κ3) is 5.18. The van der Waals surface area contributed by atoms with E-state index in [1.54, 1.807) is 67.6 Å². The van der Waals surface area contributed by atoms with Crippen LogP contribution < -0.4 is 9.64 Å². The van der Waals surface area contributed by atoms with E-state index in [9.17, 15) is 14.4 Å². The van der Waals surface area contributed by atoms with E-state index < -0.39 is 23.8 Å². The molecule has 0 aliphatic carbocycles. The molecule has 0 N–H and O–H groups in total.